The fourth-order valence-corrected chi connectivity index (χ4v) is 0.690. The molecule has 5 nitrogen and oxygen atoms in total. The second-order valence-corrected chi connectivity index (χ2v) is 2.49. The zero-order chi connectivity index (χ0) is 11.5. The molecule has 0 atom stereocenters. The zero-order valence-corrected chi connectivity index (χ0v) is 8.53. The van der Waals surface area contributed by atoms with Crippen molar-refractivity contribution in [2.75, 3.05) is 26.3 Å². The van der Waals surface area contributed by atoms with Gasteiger partial charge in [0.2, 0.25) is 0 Å². The summed E-state index contributed by atoms with van der Waals surface area (Å²) < 4.78 is 9.39. The van der Waals surface area contributed by atoms with Crippen LogP contribution < -0.4 is 5.32 Å². The first-order chi connectivity index (χ1) is 7.20. The van der Waals surface area contributed by atoms with Gasteiger partial charge in [0.25, 0.3) is 0 Å². The van der Waals surface area contributed by atoms with Crippen LogP contribution >= 0.6 is 0 Å². The number of esters is 2. The standard InChI is InChI=1S/C10H15NO4/c1-3-9(12)14-7-5-11-6-8-15-10(13)4-2/h3-4,11H,1-2,5-8H2. The molecule has 0 radical (unpaired) electrons. The van der Waals surface area contributed by atoms with Gasteiger partial charge in [0.05, 0.1) is 0 Å². The molecule has 0 fully saturated rings. The molecule has 0 amide bonds. The number of carbonyl (C=O) groups excluding carboxylic acids is 2. The average Bonchev–Trinajstić information content (AvgIpc) is 2.26. The van der Waals surface area contributed by atoms with Gasteiger partial charge in [-0.05, 0) is 0 Å². The van der Waals surface area contributed by atoms with Gasteiger partial charge in [-0.2, -0.15) is 0 Å². The highest BCUT2D eigenvalue weighted by Crippen LogP contribution is 1.79. The Morgan fingerprint density at radius 1 is 1.00 bits per heavy atom. The first kappa shape index (κ1) is 13.4. The average molecular weight is 213 g/mol. The van der Waals surface area contributed by atoms with Crippen LogP contribution in [0.5, 0.6) is 0 Å². The monoisotopic (exact) mass is 213 g/mol. The number of hydrogen-bond acceptors (Lipinski definition) is 5. The van der Waals surface area contributed by atoms with E-state index in [0.29, 0.717) is 13.1 Å². The number of carbonyl (C=O) groups is 2. The lowest BCUT2D eigenvalue weighted by molar-refractivity contribution is -0.137. The van der Waals surface area contributed by atoms with Crippen LogP contribution in [-0.4, -0.2) is 38.2 Å². The van der Waals surface area contributed by atoms with Crippen molar-refractivity contribution in [3.05, 3.63) is 25.3 Å². The minimum Gasteiger partial charge on any atom is -0.461 e. The smallest absolute Gasteiger partial charge is 0.330 e. The third-order valence-corrected chi connectivity index (χ3v) is 1.38. The molecular formula is C10H15NO4. The van der Waals surface area contributed by atoms with Crippen LogP contribution in [0.25, 0.3) is 0 Å². The summed E-state index contributed by atoms with van der Waals surface area (Å²) in [4.78, 5) is 21.2. The third kappa shape index (κ3) is 8.70. The molecule has 0 saturated carbocycles. The molecule has 0 heterocycles. The van der Waals surface area contributed by atoms with Crippen LogP contribution in [0.1, 0.15) is 0 Å². The third-order valence-electron chi connectivity index (χ3n) is 1.38. The molecule has 0 aliphatic carbocycles. The van der Waals surface area contributed by atoms with Crippen LogP contribution in [0.15, 0.2) is 25.3 Å². The van der Waals surface area contributed by atoms with Gasteiger partial charge in [0.15, 0.2) is 0 Å². The van der Waals surface area contributed by atoms with Crippen molar-refractivity contribution in [2.24, 2.45) is 0 Å². The van der Waals surface area contributed by atoms with Gasteiger partial charge in [-0.3, -0.25) is 0 Å². The largest absolute Gasteiger partial charge is 0.461 e. The van der Waals surface area contributed by atoms with Crippen molar-refractivity contribution in [2.45, 2.75) is 0 Å². The van der Waals surface area contributed by atoms with E-state index in [1.54, 1.807) is 0 Å². The number of hydrogen-bond donors (Lipinski definition) is 1. The van der Waals surface area contributed by atoms with E-state index in [-0.39, 0.29) is 13.2 Å². The Kier molecular flexibility index (Phi) is 7.99. The molecular weight excluding hydrogens is 198 g/mol. The van der Waals surface area contributed by atoms with E-state index in [1.807, 2.05) is 0 Å². The van der Waals surface area contributed by atoms with Gasteiger partial charge < -0.3 is 14.8 Å². The van der Waals surface area contributed by atoms with Gasteiger partial charge in [0.1, 0.15) is 13.2 Å². The molecule has 5 heteroatoms. The molecule has 0 bridgehead atoms. The Bertz CT molecular complexity index is 214. The maximum absolute atomic E-state index is 10.6. The Hall–Kier alpha value is -1.62. The number of rotatable bonds is 8. The second kappa shape index (κ2) is 8.96. The van der Waals surface area contributed by atoms with Crippen molar-refractivity contribution in [3.8, 4) is 0 Å². The van der Waals surface area contributed by atoms with Gasteiger partial charge in [-0.25, -0.2) is 9.59 Å². The normalized spacial score (nSPS) is 9.07. The van der Waals surface area contributed by atoms with Crippen molar-refractivity contribution in [1.29, 1.82) is 0 Å². The predicted octanol–water partition coefficient (Wildman–Crippen LogP) is 0.0344. The molecule has 0 saturated heterocycles. The van der Waals surface area contributed by atoms with Crippen LogP contribution in [0.3, 0.4) is 0 Å². The summed E-state index contributed by atoms with van der Waals surface area (Å²) in [5.41, 5.74) is 0. The van der Waals surface area contributed by atoms with E-state index in [2.05, 4.69) is 18.5 Å². The first-order valence-electron chi connectivity index (χ1n) is 4.49. The second-order valence-electron chi connectivity index (χ2n) is 2.49. The highest BCUT2D eigenvalue weighted by molar-refractivity contribution is 5.81. The molecule has 15 heavy (non-hydrogen) atoms. The van der Waals surface area contributed by atoms with Crippen LogP contribution in [0.4, 0.5) is 0 Å². The quantitative estimate of drug-likeness (QED) is 0.350. The van der Waals surface area contributed by atoms with E-state index < -0.39 is 11.9 Å². The van der Waals surface area contributed by atoms with E-state index in [0.717, 1.165) is 12.2 Å². The van der Waals surface area contributed by atoms with E-state index >= 15 is 0 Å². The van der Waals surface area contributed by atoms with Crippen molar-refractivity contribution in [3.63, 3.8) is 0 Å². The molecule has 0 unspecified atom stereocenters. The minimum absolute atomic E-state index is 0.264. The Labute approximate surface area is 88.7 Å². The zero-order valence-electron chi connectivity index (χ0n) is 8.53. The molecule has 0 aromatic heterocycles. The lowest BCUT2D eigenvalue weighted by Gasteiger charge is -2.04. The summed E-state index contributed by atoms with van der Waals surface area (Å²) in [6, 6.07) is 0. The SMILES string of the molecule is C=CC(=O)OCCNCCOC(=O)C=C. The minimum atomic E-state index is -0.449. The summed E-state index contributed by atoms with van der Waals surface area (Å²) in [7, 11) is 0. The molecule has 0 aliphatic rings. The van der Waals surface area contributed by atoms with E-state index in [1.165, 1.54) is 0 Å². The topological polar surface area (TPSA) is 64.6 Å². The highest BCUT2D eigenvalue weighted by atomic mass is 16.5. The fraction of sp³-hybridized carbons (Fsp3) is 0.400. The van der Waals surface area contributed by atoms with E-state index in [9.17, 15) is 9.59 Å². The molecule has 0 rings (SSSR count). The van der Waals surface area contributed by atoms with Crippen LogP contribution in [-0.2, 0) is 19.1 Å². The molecule has 0 spiro atoms. The molecule has 1 N–H and O–H groups in total. The molecule has 0 aromatic carbocycles. The Morgan fingerprint density at radius 3 is 1.73 bits per heavy atom. The summed E-state index contributed by atoms with van der Waals surface area (Å²) in [5.74, 6) is -0.898. The summed E-state index contributed by atoms with van der Waals surface area (Å²) in [6.07, 6.45) is 2.21. The first-order valence-corrected chi connectivity index (χ1v) is 4.49. The van der Waals surface area contributed by atoms with Crippen molar-refractivity contribution in [1.82, 2.24) is 5.32 Å². The lowest BCUT2D eigenvalue weighted by atomic mass is 10.6. The van der Waals surface area contributed by atoms with Crippen molar-refractivity contribution < 1.29 is 19.1 Å². The van der Waals surface area contributed by atoms with Crippen molar-refractivity contribution >= 4 is 11.9 Å². The Morgan fingerprint density at radius 2 is 1.40 bits per heavy atom. The number of nitrogens with one attached hydrogen (secondary N) is 1. The summed E-state index contributed by atoms with van der Waals surface area (Å²) >= 11 is 0. The Balaban J connectivity index is 3.18. The van der Waals surface area contributed by atoms with Gasteiger partial charge in [0, 0.05) is 25.2 Å². The van der Waals surface area contributed by atoms with E-state index in [4.69, 9.17) is 9.47 Å². The maximum Gasteiger partial charge on any atom is 0.330 e. The predicted molar refractivity (Wildman–Crippen MR) is 55.2 cm³/mol. The van der Waals surface area contributed by atoms with Gasteiger partial charge in [-0.15, -0.1) is 0 Å². The molecule has 0 aromatic rings. The maximum atomic E-state index is 10.6. The number of ether oxygens (including phenoxy) is 2. The van der Waals surface area contributed by atoms with Crippen LogP contribution in [0, 0.1) is 0 Å². The summed E-state index contributed by atoms with van der Waals surface area (Å²) in [5, 5.41) is 2.92. The van der Waals surface area contributed by atoms with Crippen LogP contribution in [0.2, 0.25) is 0 Å². The lowest BCUT2D eigenvalue weighted by Crippen LogP contribution is -2.25. The summed E-state index contributed by atoms with van der Waals surface area (Å²) in [6.45, 7) is 8.05. The van der Waals surface area contributed by atoms with Gasteiger partial charge in [-0.1, -0.05) is 13.2 Å². The fourth-order valence-electron chi connectivity index (χ4n) is 0.690. The molecule has 84 valence electrons. The van der Waals surface area contributed by atoms with Gasteiger partial charge >= 0.3 is 11.9 Å². The molecule has 0 aliphatic heterocycles. The highest BCUT2D eigenvalue weighted by Gasteiger charge is 1.96.